The predicted molar refractivity (Wildman–Crippen MR) is 57.2 cm³/mol. The van der Waals surface area contributed by atoms with Crippen LogP contribution in [-0.2, 0) is 0 Å². The third-order valence-electron chi connectivity index (χ3n) is 2.20. The SMILES string of the molecule is CC(C)CCCC(=O)c1ccc(F)cn1. The molecule has 0 fully saturated rings. The van der Waals surface area contributed by atoms with E-state index >= 15 is 0 Å². The lowest BCUT2D eigenvalue weighted by Crippen LogP contribution is -2.02. The van der Waals surface area contributed by atoms with E-state index in [0.29, 0.717) is 18.0 Å². The number of Topliss-reactive ketones (excluding diaryl/α,β-unsaturated/α-hetero) is 1. The van der Waals surface area contributed by atoms with Crippen LogP contribution in [0, 0.1) is 11.7 Å². The molecule has 3 heteroatoms. The molecule has 0 aliphatic carbocycles. The molecule has 0 saturated heterocycles. The molecule has 0 aliphatic heterocycles. The van der Waals surface area contributed by atoms with Gasteiger partial charge in [0.1, 0.15) is 11.5 Å². The zero-order chi connectivity index (χ0) is 11.3. The first-order valence-corrected chi connectivity index (χ1v) is 5.24. The second kappa shape index (κ2) is 5.59. The number of pyridine rings is 1. The predicted octanol–water partition coefficient (Wildman–Crippen LogP) is 3.23. The fourth-order valence-corrected chi connectivity index (χ4v) is 1.34. The molecule has 0 amide bonds. The van der Waals surface area contributed by atoms with E-state index in [-0.39, 0.29) is 5.78 Å². The summed E-state index contributed by atoms with van der Waals surface area (Å²) < 4.78 is 12.5. The Kier molecular flexibility index (Phi) is 4.40. The van der Waals surface area contributed by atoms with Crippen molar-refractivity contribution in [2.24, 2.45) is 5.92 Å². The van der Waals surface area contributed by atoms with Crippen molar-refractivity contribution in [1.82, 2.24) is 4.98 Å². The lowest BCUT2D eigenvalue weighted by Gasteiger charge is -2.03. The van der Waals surface area contributed by atoms with Gasteiger partial charge < -0.3 is 0 Å². The standard InChI is InChI=1S/C12H16FNO/c1-9(2)4-3-5-12(15)11-7-6-10(13)8-14-11/h6-9H,3-5H2,1-2H3. The molecule has 1 heterocycles. The molecule has 2 nitrogen and oxygen atoms in total. The highest BCUT2D eigenvalue weighted by Crippen LogP contribution is 2.09. The van der Waals surface area contributed by atoms with Gasteiger partial charge in [-0.05, 0) is 24.5 Å². The van der Waals surface area contributed by atoms with E-state index in [0.717, 1.165) is 19.0 Å². The summed E-state index contributed by atoms with van der Waals surface area (Å²) in [6, 6.07) is 2.70. The second-order valence-electron chi connectivity index (χ2n) is 4.07. The van der Waals surface area contributed by atoms with Crippen LogP contribution in [0.2, 0.25) is 0 Å². The molecule has 0 saturated carbocycles. The number of halogens is 1. The molecule has 0 radical (unpaired) electrons. The molecule has 82 valence electrons. The Balaban J connectivity index is 2.43. The van der Waals surface area contributed by atoms with Crippen molar-refractivity contribution >= 4 is 5.78 Å². The summed E-state index contributed by atoms with van der Waals surface area (Å²) in [5, 5.41) is 0. The highest BCUT2D eigenvalue weighted by atomic mass is 19.1. The van der Waals surface area contributed by atoms with Crippen LogP contribution < -0.4 is 0 Å². The van der Waals surface area contributed by atoms with Gasteiger partial charge in [-0.3, -0.25) is 9.78 Å². The molecular weight excluding hydrogens is 193 g/mol. The second-order valence-corrected chi connectivity index (χ2v) is 4.07. The Labute approximate surface area is 89.5 Å². The van der Waals surface area contributed by atoms with Gasteiger partial charge in [0.25, 0.3) is 0 Å². The van der Waals surface area contributed by atoms with Crippen LogP contribution in [0.25, 0.3) is 0 Å². The van der Waals surface area contributed by atoms with Crippen molar-refractivity contribution in [3.05, 3.63) is 29.8 Å². The van der Waals surface area contributed by atoms with E-state index in [4.69, 9.17) is 0 Å². The van der Waals surface area contributed by atoms with Crippen molar-refractivity contribution in [1.29, 1.82) is 0 Å². The number of hydrogen-bond donors (Lipinski definition) is 0. The van der Waals surface area contributed by atoms with Gasteiger partial charge in [0, 0.05) is 6.42 Å². The highest BCUT2D eigenvalue weighted by Gasteiger charge is 2.07. The van der Waals surface area contributed by atoms with Gasteiger partial charge in [0.05, 0.1) is 6.20 Å². The normalized spacial score (nSPS) is 10.7. The molecule has 15 heavy (non-hydrogen) atoms. The van der Waals surface area contributed by atoms with Crippen LogP contribution in [0.3, 0.4) is 0 Å². The maximum atomic E-state index is 12.5. The smallest absolute Gasteiger partial charge is 0.181 e. The number of carbonyl (C=O) groups excluding carboxylic acids is 1. The summed E-state index contributed by atoms with van der Waals surface area (Å²) >= 11 is 0. The van der Waals surface area contributed by atoms with Gasteiger partial charge >= 0.3 is 0 Å². The summed E-state index contributed by atoms with van der Waals surface area (Å²) in [6.07, 6.45) is 3.48. The summed E-state index contributed by atoms with van der Waals surface area (Å²) in [6.45, 7) is 4.25. The lowest BCUT2D eigenvalue weighted by molar-refractivity contribution is 0.0973. The van der Waals surface area contributed by atoms with Crippen molar-refractivity contribution < 1.29 is 9.18 Å². The van der Waals surface area contributed by atoms with E-state index < -0.39 is 5.82 Å². The molecule has 0 bridgehead atoms. The number of ketones is 1. The van der Waals surface area contributed by atoms with Gasteiger partial charge in [-0.1, -0.05) is 20.3 Å². The van der Waals surface area contributed by atoms with Crippen molar-refractivity contribution in [3.63, 3.8) is 0 Å². The Bertz CT molecular complexity index is 319. The van der Waals surface area contributed by atoms with Gasteiger partial charge in [0.2, 0.25) is 0 Å². The molecular formula is C12H16FNO. The summed E-state index contributed by atoms with van der Waals surface area (Å²) in [4.78, 5) is 15.3. The van der Waals surface area contributed by atoms with Crippen LogP contribution in [0.15, 0.2) is 18.3 Å². The molecule has 1 aromatic rings. The van der Waals surface area contributed by atoms with Crippen LogP contribution in [0.4, 0.5) is 4.39 Å². The first-order chi connectivity index (χ1) is 7.09. The van der Waals surface area contributed by atoms with Gasteiger partial charge in [0.15, 0.2) is 5.78 Å². The minimum atomic E-state index is -0.409. The maximum absolute atomic E-state index is 12.5. The molecule has 0 spiro atoms. The lowest BCUT2D eigenvalue weighted by atomic mass is 10.0. The fraction of sp³-hybridized carbons (Fsp3) is 0.500. The van der Waals surface area contributed by atoms with E-state index in [2.05, 4.69) is 18.8 Å². The highest BCUT2D eigenvalue weighted by molar-refractivity contribution is 5.94. The third-order valence-corrected chi connectivity index (χ3v) is 2.20. The summed E-state index contributed by atoms with van der Waals surface area (Å²) in [5.74, 6) is 0.198. The zero-order valence-electron chi connectivity index (χ0n) is 9.16. The number of nitrogens with zero attached hydrogens (tertiary/aromatic N) is 1. The quantitative estimate of drug-likeness (QED) is 0.697. The van der Waals surface area contributed by atoms with Crippen molar-refractivity contribution in [2.45, 2.75) is 33.1 Å². The third kappa shape index (κ3) is 4.19. The van der Waals surface area contributed by atoms with Crippen LogP contribution in [0.1, 0.15) is 43.6 Å². The average molecular weight is 209 g/mol. The first-order valence-electron chi connectivity index (χ1n) is 5.24. The molecule has 0 aliphatic rings. The fourth-order valence-electron chi connectivity index (χ4n) is 1.34. The number of rotatable bonds is 5. The zero-order valence-corrected chi connectivity index (χ0v) is 9.16. The van der Waals surface area contributed by atoms with Gasteiger partial charge in [-0.15, -0.1) is 0 Å². The molecule has 0 atom stereocenters. The summed E-state index contributed by atoms with van der Waals surface area (Å²) in [5.41, 5.74) is 0.361. The van der Waals surface area contributed by atoms with Crippen molar-refractivity contribution in [2.75, 3.05) is 0 Å². The van der Waals surface area contributed by atoms with Gasteiger partial charge in [-0.2, -0.15) is 0 Å². The Hall–Kier alpha value is -1.25. The molecule has 0 unspecified atom stereocenters. The van der Waals surface area contributed by atoms with Crippen molar-refractivity contribution in [3.8, 4) is 0 Å². The van der Waals surface area contributed by atoms with E-state index in [1.807, 2.05) is 0 Å². The Morgan fingerprint density at radius 2 is 2.20 bits per heavy atom. The molecule has 1 rings (SSSR count). The largest absolute Gasteiger partial charge is 0.292 e. The van der Waals surface area contributed by atoms with Crippen LogP contribution in [-0.4, -0.2) is 10.8 Å². The van der Waals surface area contributed by atoms with Gasteiger partial charge in [-0.25, -0.2) is 4.39 Å². The minimum absolute atomic E-state index is 0.00403. The van der Waals surface area contributed by atoms with E-state index in [1.54, 1.807) is 0 Å². The van der Waals surface area contributed by atoms with E-state index in [9.17, 15) is 9.18 Å². The Morgan fingerprint density at radius 1 is 1.47 bits per heavy atom. The van der Waals surface area contributed by atoms with Crippen LogP contribution >= 0.6 is 0 Å². The maximum Gasteiger partial charge on any atom is 0.181 e. The number of aromatic nitrogens is 1. The number of carbonyl (C=O) groups is 1. The summed E-state index contributed by atoms with van der Waals surface area (Å²) in [7, 11) is 0. The Morgan fingerprint density at radius 3 is 2.73 bits per heavy atom. The molecule has 0 N–H and O–H groups in total. The van der Waals surface area contributed by atoms with Crippen LogP contribution in [0.5, 0.6) is 0 Å². The molecule has 1 aromatic heterocycles. The molecule has 0 aromatic carbocycles. The topological polar surface area (TPSA) is 30.0 Å². The average Bonchev–Trinajstić information content (AvgIpc) is 2.18. The monoisotopic (exact) mass is 209 g/mol. The van der Waals surface area contributed by atoms with E-state index in [1.165, 1.54) is 12.1 Å². The minimum Gasteiger partial charge on any atom is -0.292 e. The first kappa shape index (κ1) is 11.8. The number of hydrogen-bond acceptors (Lipinski definition) is 2.